The Morgan fingerprint density at radius 1 is 1.05 bits per heavy atom. The molecule has 1 aromatic carbocycles. The summed E-state index contributed by atoms with van der Waals surface area (Å²) < 4.78 is 13.7. The molecule has 9 nitrogen and oxygen atoms in total. The van der Waals surface area contributed by atoms with Crippen molar-refractivity contribution >= 4 is 11.8 Å². The molecule has 2 saturated heterocycles. The third-order valence-corrected chi connectivity index (χ3v) is 7.83. The number of nitrogens with zero attached hydrogens (tertiary/aromatic N) is 3. The molecule has 0 saturated carbocycles. The number of benzene rings is 1. The largest absolute Gasteiger partial charge is 0.485 e. The van der Waals surface area contributed by atoms with E-state index in [1.165, 1.54) is 0 Å². The van der Waals surface area contributed by atoms with E-state index in [0.29, 0.717) is 37.7 Å². The number of nitrogens with one attached hydrogen (secondary N) is 2. The molecule has 1 spiro atoms. The standard InChI is InChI=1S/C28H37N5O4/c1-21-9-10-22-17-30-27(35)28(11-13-29-14-12-28)20-36-15-5-6-16-37-24-19-33(23-7-3-2-4-8-23)31-25(24)26(34)32(21)18-22/h2-8,19,21-22,29H,9-18,20H2,1H3,(H,30,35)/b6-5+. The molecule has 3 aliphatic heterocycles. The molecule has 9 heteroatoms. The Morgan fingerprint density at radius 2 is 1.84 bits per heavy atom. The number of fused-ring (bicyclic) bond motifs is 3. The maximum absolute atomic E-state index is 13.8. The third kappa shape index (κ3) is 5.72. The van der Waals surface area contributed by atoms with Crippen molar-refractivity contribution in [3.63, 3.8) is 0 Å². The van der Waals surface area contributed by atoms with Gasteiger partial charge in [0, 0.05) is 19.1 Å². The highest BCUT2D eigenvalue weighted by Crippen LogP contribution is 2.31. The van der Waals surface area contributed by atoms with Crippen molar-refractivity contribution in [2.45, 2.75) is 38.6 Å². The Morgan fingerprint density at radius 3 is 2.65 bits per heavy atom. The van der Waals surface area contributed by atoms with Crippen molar-refractivity contribution in [3.05, 3.63) is 54.4 Å². The van der Waals surface area contributed by atoms with Crippen molar-refractivity contribution in [2.75, 3.05) is 46.0 Å². The summed E-state index contributed by atoms with van der Waals surface area (Å²) >= 11 is 0. The summed E-state index contributed by atoms with van der Waals surface area (Å²) in [6.45, 7) is 5.89. The average molecular weight is 508 g/mol. The van der Waals surface area contributed by atoms with E-state index in [0.717, 1.165) is 44.5 Å². The fourth-order valence-electron chi connectivity index (χ4n) is 5.46. The molecular formula is C28H37N5O4. The summed E-state index contributed by atoms with van der Waals surface area (Å²) in [5, 5.41) is 11.2. The normalized spacial score (nSPS) is 26.0. The summed E-state index contributed by atoms with van der Waals surface area (Å²) in [7, 11) is 0. The number of ether oxygens (including phenoxy) is 2. The van der Waals surface area contributed by atoms with E-state index in [9.17, 15) is 9.59 Å². The highest BCUT2D eigenvalue weighted by molar-refractivity contribution is 5.95. The van der Waals surface area contributed by atoms with Gasteiger partial charge in [0.1, 0.15) is 6.61 Å². The van der Waals surface area contributed by atoms with Crippen LogP contribution in [0.4, 0.5) is 0 Å². The first-order valence-corrected chi connectivity index (χ1v) is 13.4. The van der Waals surface area contributed by atoms with Gasteiger partial charge in [-0.15, -0.1) is 0 Å². The maximum atomic E-state index is 13.8. The number of piperidine rings is 2. The molecule has 2 unspecified atom stereocenters. The highest BCUT2D eigenvalue weighted by Gasteiger charge is 2.40. The molecule has 0 radical (unpaired) electrons. The Balaban J connectivity index is 1.41. The number of aromatic nitrogens is 2. The summed E-state index contributed by atoms with van der Waals surface area (Å²) in [6.07, 6.45) is 8.89. The van der Waals surface area contributed by atoms with Gasteiger partial charge in [-0.05, 0) is 69.8 Å². The summed E-state index contributed by atoms with van der Waals surface area (Å²) in [4.78, 5) is 29.1. The number of hydrogen-bond donors (Lipinski definition) is 2. The molecule has 2 aromatic rings. The minimum Gasteiger partial charge on any atom is -0.485 e. The Labute approximate surface area is 218 Å². The molecule has 2 bridgehead atoms. The van der Waals surface area contributed by atoms with Crippen molar-refractivity contribution in [2.24, 2.45) is 11.3 Å². The van der Waals surface area contributed by atoms with Crippen LogP contribution in [0.25, 0.3) is 5.69 Å². The van der Waals surface area contributed by atoms with Crippen molar-refractivity contribution < 1.29 is 19.1 Å². The molecule has 0 aliphatic carbocycles. The van der Waals surface area contributed by atoms with E-state index in [4.69, 9.17) is 9.47 Å². The fraction of sp³-hybridized carbons (Fsp3) is 0.536. The zero-order valence-corrected chi connectivity index (χ0v) is 21.5. The van der Waals surface area contributed by atoms with Crippen LogP contribution in [-0.2, 0) is 9.53 Å². The van der Waals surface area contributed by atoms with Gasteiger partial charge >= 0.3 is 0 Å². The van der Waals surface area contributed by atoms with E-state index < -0.39 is 5.41 Å². The van der Waals surface area contributed by atoms with Gasteiger partial charge in [0.25, 0.3) is 5.91 Å². The number of carbonyl (C=O) groups excluding carboxylic acids is 2. The molecule has 37 heavy (non-hydrogen) atoms. The number of hydrogen-bond acceptors (Lipinski definition) is 6. The molecule has 3 aliphatic rings. The number of rotatable bonds is 1. The number of amides is 2. The molecule has 2 amide bonds. The molecule has 2 atom stereocenters. The van der Waals surface area contributed by atoms with Crippen LogP contribution >= 0.6 is 0 Å². The van der Waals surface area contributed by atoms with Crippen molar-refractivity contribution in [1.82, 2.24) is 25.3 Å². The van der Waals surface area contributed by atoms with E-state index >= 15 is 0 Å². The van der Waals surface area contributed by atoms with E-state index in [2.05, 4.69) is 22.7 Å². The lowest BCUT2D eigenvalue weighted by Crippen LogP contribution is -2.53. The topological polar surface area (TPSA) is 97.7 Å². The molecule has 2 fully saturated rings. The van der Waals surface area contributed by atoms with Crippen molar-refractivity contribution in [1.29, 1.82) is 0 Å². The first-order chi connectivity index (χ1) is 18.1. The van der Waals surface area contributed by atoms with Crippen LogP contribution in [0.3, 0.4) is 0 Å². The zero-order valence-electron chi connectivity index (χ0n) is 21.5. The maximum Gasteiger partial charge on any atom is 0.278 e. The van der Waals surface area contributed by atoms with Crippen LogP contribution in [-0.4, -0.2) is 78.5 Å². The Kier molecular flexibility index (Phi) is 7.90. The van der Waals surface area contributed by atoms with Gasteiger partial charge in [-0.1, -0.05) is 24.3 Å². The lowest BCUT2D eigenvalue weighted by Gasteiger charge is -2.39. The molecule has 2 N–H and O–H groups in total. The minimum absolute atomic E-state index is 0.0611. The quantitative estimate of drug-likeness (QED) is 0.576. The minimum atomic E-state index is -0.515. The first-order valence-electron chi connectivity index (χ1n) is 13.4. The molecule has 4 heterocycles. The van der Waals surface area contributed by atoms with Crippen molar-refractivity contribution in [3.8, 4) is 11.4 Å². The first kappa shape index (κ1) is 25.5. The summed E-state index contributed by atoms with van der Waals surface area (Å²) in [5.74, 6) is 0.562. The lowest BCUT2D eigenvalue weighted by atomic mass is 9.78. The third-order valence-electron chi connectivity index (χ3n) is 7.83. The molecule has 1 aromatic heterocycles. The fourth-order valence-corrected chi connectivity index (χ4v) is 5.46. The van der Waals surface area contributed by atoms with E-state index in [1.807, 2.05) is 47.4 Å². The van der Waals surface area contributed by atoms with Gasteiger partial charge in [0.05, 0.1) is 30.5 Å². The predicted octanol–water partition coefficient (Wildman–Crippen LogP) is 2.56. The monoisotopic (exact) mass is 507 g/mol. The van der Waals surface area contributed by atoms with Crippen LogP contribution < -0.4 is 15.4 Å². The summed E-state index contributed by atoms with van der Waals surface area (Å²) in [6, 6.07) is 9.78. The van der Waals surface area contributed by atoms with Gasteiger partial charge in [0.2, 0.25) is 5.91 Å². The molecule has 5 rings (SSSR count). The smallest absolute Gasteiger partial charge is 0.278 e. The SMILES string of the molecule is CC1CCC2CNC(=O)C3(CCNCC3)COC/C=C/COc3cn(-c4ccccc4)nc3C(=O)N1C2. The van der Waals surface area contributed by atoms with Crippen LogP contribution in [0, 0.1) is 11.3 Å². The zero-order chi connectivity index (χ0) is 25.7. The van der Waals surface area contributed by atoms with Gasteiger partial charge in [-0.2, -0.15) is 5.10 Å². The van der Waals surface area contributed by atoms with Crippen LogP contribution in [0.5, 0.6) is 5.75 Å². The van der Waals surface area contributed by atoms with Gasteiger partial charge in [-0.25, -0.2) is 4.68 Å². The second kappa shape index (κ2) is 11.5. The predicted molar refractivity (Wildman–Crippen MR) is 140 cm³/mol. The molecule has 198 valence electrons. The van der Waals surface area contributed by atoms with Gasteiger partial charge < -0.3 is 25.0 Å². The van der Waals surface area contributed by atoms with E-state index in [-0.39, 0.29) is 30.4 Å². The number of para-hydroxylation sites is 1. The highest BCUT2D eigenvalue weighted by atomic mass is 16.5. The van der Waals surface area contributed by atoms with E-state index in [1.54, 1.807) is 10.9 Å². The molecular weight excluding hydrogens is 470 g/mol. The van der Waals surface area contributed by atoms with Crippen LogP contribution in [0.1, 0.15) is 43.1 Å². The summed E-state index contributed by atoms with van der Waals surface area (Å²) in [5.41, 5.74) is 0.651. The van der Waals surface area contributed by atoms with Gasteiger partial charge in [0.15, 0.2) is 11.4 Å². The van der Waals surface area contributed by atoms with Crippen LogP contribution in [0.15, 0.2) is 48.7 Å². The number of carbonyl (C=O) groups is 2. The Bertz CT molecular complexity index is 1110. The second-order valence-corrected chi connectivity index (χ2v) is 10.4. The van der Waals surface area contributed by atoms with Gasteiger partial charge in [-0.3, -0.25) is 9.59 Å². The lowest BCUT2D eigenvalue weighted by molar-refractivity contribution is -0.137. The second-order valence-electron chi connectivity index (χ2n) is 10.4. The average Bonchev–Trinajstić information content (AvgIpc) is 3.36. The Hall–Kier alpha value is -3.17. The van der Waals surface area contributed by atoms with Crippen LogP contribution in [0.2, 0.25) is 0 Å².